The van der Waals surface area contributed by atoms with Gasteiger partial charge in [0.15, 0.2) is 0 Å². The van der Waals surface area contributed by atoms with Gasteiger partial charge in [-0.05, 0) is 32.3 Å². The summed E-state index contributed by atoms with van der Waals surface area (Å²) in [4.78, 5) is 0. The molecule has 1 aliphatic rings. The predicted molar refractivity (Wildman–Crippen MR) is 65.9 cm³/mol. The van der Waals surface area contributed by atoms with E-state index in [-0.39, 0.29) is 0 Å². The molecule has 4 heteroatoms. The molecule has 96 valence electrons. The van der Waals surface area contributed by atoms with Crippen molar-refractivity contribution < 1.29 is 9.84 Å². The molecule has 2 heterocycles. The van der Waals surface area contributed by atoms with E-state index in [2.05, 4.69) is 18.9 Å². The van der Waals surface area contributed by atoms with Crippen molar-refractivity contribution in [1.29, 1.82) is 0 Å². The zero-order valence-electron chi connectivity index (χ0n) is 10.7. The molecular formula is C13H22N2O2. The maximum Gasteiger partial charge on any atom is 0.0747 e. The van der Waals surface area contributed by atoms with Gasteiger partial charge in [0.2, 0.25) is 0 Å². The molecule has 4 nitrogen and oxygen atoms in total. The summed E-state index contributed by atoms with van der Waals surface area (Å²) < 4.78 is 7.26. The first-order valence-corrected chi connectivity index (χ1v) is 6.47. The Kier molecular flexibility index (Phi) is 3.84. The molecule has 1 atom stereocenters. The maximum atomic E-state index is 10.4. The van der Waals surface area contributed by atoms with Crippen LogP contribution in [0.3, 0.4) is 0 Å². The third-order valence-electron chi connectivity index (χ3n) is 3.64. The minimum Gasteiger partial charge on any atom is -0.389 e. The van der Waals surface area contributed by atoms with E-state index < -0.39 is 5.60 Å². The molecule has 1 aromatic rings. The van der Waals surface area contributed by atoms with Crippen molar-refractivity contribution in [2.24, 2.45) is 0 Å². The second-order valence-electron chi connectivity index (χ2n) is 5.06. The molecule has 1 N–H and O–H groups in total. The minimum absolute atomic E-state index is 0.424. The first kappa shape index (κ1) is 12.6. The molecule has 0 spiro atoms. The van der Waals surface area contributed by atoms with Gasteiger partial charge in [0.05, 0.1) is 11.3 Å². The molecule has 0 bridgehead atoms. The van der Waals surface area contributed by atoms with Gasteiger partial charge >= 0.3 is 0 Å². The Balaban J connectivity index is 2.00. The lowest BCUT2D eigenvalue weighted by atomic mass is 9.89. The van der Waals surface area contributed by atoms with Crippen LogP contribution in [0.15, 0.2) is 12.3 Å². The van der Waals surface area contributed by atoms with Crippen molar-refractivity contribution >= 4 is 0 Å². The summed E-state index contributed by atoms with van der Waals surface area (Å²) in [6.45, 7) is 5.61. The van der Waals surface area contributed by atoms with Gasteiger partial charge in [0.25, 0.3) is 0 Å². The number of aliphatic hydroxyl groups is 1. The number of hydrogen-bond donors (Lipinski definition) is 1. The number of rotatable bonds is 4. The second kappa shape index (κ2) is 5.19. The molecule has 1 aliphatic heterocycles. The summed E-state index contributed by atoms with van der Waals surface area (Å²) in [6.07, 6.45) is 5.14. The van der Waals surface area contributed by atoms with E-state index in [1.807, 2.05) is 16.9 Å². The van der Waals surface area contributed by atoms with Crippen LogP contribution in [0.4, 0.5) is 0 Å². The van der Waals surface area contributed by atoms with Gasteiger partial charge in [-0.1, -0.05) is 6.92 Å². The molecule has 0 aliphatic carbocycles. The average Bonchev–Trinajstić information content (AvgIpc) is 2.76. The van der Waals surface area contributed by atoms with Gasteiger partial charge in [0.1, 0.15) is 0 Å². The standard InChI is InChI=1S/C13H22N2O2/c1-3-11(2)15-7-4-12(14-15)10-13(16)5-8-17-9-6-13/h4,7,11,16H,3,5-6,8-10H2,1-2H3. The molecule has 17 heavy (non-hydrogen) atoms. The summed E-state index contributed by atoms with van der Waals surface area (Å²) in [5.41, 5.74) is 0.363. The highest BCUT2D eigenvalue weighted by atomic mass is 16.5. The summed E-state index contributed by atoms with van der Waals surface area (Å²) in [6, 6.07) is 2.44. The highest BCUT2D eigenvalue weighted by molar-refractivity contribution is 5.05. The molecule has 1 aromatic heterocycles. The fraction of sp³-hybridized carbons (Fsp3) is 0.769. The van der Waals surface area contributed by atoms with E-state index in [4.69, 9.17) is 4.74 Å². The van der Waals surface area contributed by atoms with E-state index in [0.717, 1.165) is 12.1 Å². The van der Waals surface area contributed by atoms with Crippen LogP contribution in [0.1, 0.15) is 44.8 Å². The molecular weight excluding hydrogens is 216 g/mol. The summed E-state index contributed by atoms with van der Waals surface area (Å²) in [5, 5.41) is 14.9. The normalized spacial score (nSPS) is 21.4. The van der Waals surface area contributed by atoms with Gasteiger partial charge < -0.3 is 9.84 Å². The third kappa shape index (κ3) is 3.07. The van der Waals surface area contributed by atoms with Crippen molar-refractivity contribution in [2.75, 3.05) is 13.2 Å². The second-order valence-corrected chi connectivity index (χ2v) is 5.06. The Hall–Kier alpha value is -0.870. The molecule has 0 radical (unpaired) electrons. The van der Waals surface area contributed by atoms with Crippen molar-refractivity contribution in [1.82, 2.24) is 9.78 Å². The molecule has 1 fully saturated rings. The smallest absolute Gasteiger partial charge is 0.0747 e. The molecule has 0 saturated carbocycles. The van der Waals surface area contributed by atoms with Crippen LogP contribution in [0, 0.1) is 0 Å². The number of aromatic nitrogens is 2. The lowest BCUT2D eigenvalue weighted by Gasteiger charge is -2.31. The number of nitrogens with zero attached hydrogens (tertiary/aromatic N) is 2. The summed E-state index contributed by atoms with van der Waals surface area (Å²) in [5.74, 6) is 0. The van der Waals surface area contributed by atoms with E-state index in [9.17, 15) is 5.11 Å². The Morgan fingerprint density at radius 3 is 2.88 bits per heavy atom. The number of hydrogen-bond acceptors (Lipinski definition) is 3. The Bertz CT molecular complexity index is 356. The maximum absolute atomic E-state index is 10.4. The topological polar surface area (TPSA) is 47.3 Å². The van der Waals surface area contributed by atoms with Gasteiger partial charge in [0, 0.05) is 31.9 Å². The first-order chi connectivity index (χ1) is 8.13. The van der Waals surface area contributed by atoms with E-state index in [0.29, 0.717) is 38.5 Å². The largest absolute Gasteiger partial charge is 0.389 e. The van der Waals surface area contributed by atoms with Crippen LogP contribution >= 0.6 is 0 Å². The Morgan fingerprint density at radius 1 is 1.53 bits per heavy atom. The molecule has 1 saturated heterocycles. The van der Waals surface area contributed by atoms with Gasteiger partial charge in [-0.15, -0.1) is 0 Å². The van der Waals surface area contributed by atoms with Gasteiger partial charge in [-0.3, -0.25) is 4.68 Å². The average molecular weight is 238 g/mol. The summed E-state index contributed by atoms with van der Waals surface area (Å²) >= 11 is 0. The molecule has 0 aromatic carbocycles. The first-order valence-electron chi connectivity index (χ1n) is 6.47. The van der Waals surface area contributed by atoms with Crippen LogP contribution in [0.5, 0.6) is 0 Å². The Morgan fingerprint density at radius 2 is 2.24 bits per heavy atom. The Labute approximate surface area is 103 Å². The lowest BCUT2D eigenvalue weighted by molar-refractivity contribution is -0.0631. The molecule has 0 amide bonds. The van der Waals surface area contributed by atoms with Crippen LogP contribution in [0.2, 0.25) is 0 Å². The molecule has 1 unspecified atom stereocenters. The lowest BCUT2D eigenvalue weighted by Crippen LogP contribution is -2.38. The minimum atomic E-state index is -0.618. The number of ether oxygens (including phenoxy) is 1. The zero-order chi connectivity index (χ0) is 12.3. The predicted octanol–water partition coefficient (Wildman–Crippen LogP) is 1.94. The third-order valence-corrected chi connectivity index (χ3v) is 3.64. The van der Waals surface area contributed by atoms with Crippen LogP contribution in [0.25, 0.3) is 0 Å². The van der Waals surface area contributed by atoms with Crippen LogP contribution in [-0.4, -0.2) is 33.7 Å². The van der Waals surface area contributed by atoms with E-state index >= 15 is 0 Å². The van der Waals surface area contributed by atoms with Gasteiger partial charge in [-0.2, -0.15) is 5.10 Å². The van der Waals surface area contributed by atoms with Crippen molar-refractivity contribution in [3.63, 3.8) is 0 Å². The van der Waals surface area contributed by atoms with Crippen molar-refractivity contribution in [3.8, 4) is 0 Å². The highest BCUT2D eigenvalue weighted by Gasteiger charge is 2.30. The highest BCUT2D eigenvalue weighted by Crippen LogP contribution is 2.24. The fourth-order valence-corrected chi connectivity index (χ4v) is 2.17. The van der Waals surface area contributed by atoms with Crippen molar-refractivity contribution in [3.05, 3.63) is 18.0 Å². The monoisotopic (exact) mass is 238 g/mol. The SMILES string of the molecule is CCC(C)n1ccc(CC2(O)CCOCC2)n1. The van der Waals surface area contributed by atoms with Crippen molar-refractivity contribution in [2.45, 2.75) is 51.2 Å². The van der Waals surface area contributed by atoms with Crippen LogP contribution < -0.4 is 0 Å². The van der Waals surface area contributed by atoms with Gasteiger partial charge in [-0.25, -0.2) is 0 Å². The fourth-order valence-electron chi connectivity index (χ4n) is 2.17. The van der Waals surface area contributed by atoms with E-state index in [1.165, 1.54) is 0 Å². The van der Waals surface area contributed by atoms with Crippen LogP contribution in [-0.2, 0) is 11.2 Å². The molecule has 2 rings (SSSR count). The zero-order valence-corrected chi connectivity index (χ0v) is 10.7. The van der Waals surface area contributed by atoms with E-state index in [1.54, 1.807) is 0 Å². The summed E-state index contributed by atoms with van der Waals surface area (Å²) in [7, 11) is 0. The quantitative estimate of drug-likeness (QED) is 0.872.